The van der Waals surface area contributed by atoms with Gasteiger partial charge in [0.1, 0.15) is 0 Å². The molecule has 1 aromatic heterocycles. The highest BCUT2D eigenvalue weighted by Gasteiger charge is 2.21. The zero-order chi connectivity index (χ0) is 18.7. The van der Waals surface area contributed by atoms with Crippen molar-refractivity contribution in [2.75, 3.05) is 10.7 Å². The monoisotopic (exact) mass is 384 g/mol. The third kappa shape index (κ3) is 4.14. The predicted molar refractivity (Wildman–Crippen MR) is 110 cm³/mol. The fourth-order valence-corrected chi connectivity index (χ4v) is 4.24. The number of aromatic nitrogens is 1. The number of aryl methyl sites for hydroxylation is 2. The Morgan fingerprint density at radius 1 is 1.08 bits per heavy atom. The summed E-state index contributed by atoms with van der Waals surface area (Å²) in [5.74, 6) is 0.0131. The molecule has 0 saturated carbocycles. The third-order valence-corrected chi connectivity index (χ3v) is 6.06. The topological polar surface area (TPSA) is 50.3 Å². The Morgan fingerprint density at radius 2 is 1.77 bits per heavy atom. The van der Waals surface area contributed by atoms with Gasteiger partial charge >= 0.3 is 0 Å². The van der Waals surface area contributed by atoms with Crippen molar-refractivity contribution in [2.24, 2.45) is 0 Å². The zero-order valence-corrected chi connectivity index (χ0v) is 16.6. The van der Waals surface area contributed by atoms with E-state index in [1.807, 2.05) is 37.3 Å². The molecule has 3 aromatic rings. The van der Waals surface area contributed by atoms with Gasteiger partial charge < -0.3 is 0 Å². The summed E-state index contributed by atoms with van der Waals surface area (Å²) in [5.41, 5.74) is 4.22. The number of rotatable bonds is 5. The van der Waals surface area contributed by atoms with Crippen LogP contribution in [-0.2, 0) is 16.1 Å². The minimum Gasteiger partial charge on any atom is -0.288 e. The lowest BCUT2D eigenvalue weighted by atomic mass is 10.1. The van der Waals surface area contributed by atoms with Crippen molar-refractivity contribution in [1.82, 2.24) is 4.98 Å². The van der Waals surface area contributed by atoms with Crippen LogP contribution in [0.15, 0.2) is 42.5 Å². The molecule has 1 amide bonds. The van der Waals surface area contributed by atoms with Crippen LogP contribution in [-0.4, -0.2) is 21.8 Å². The Hall–Kier alpha value is -2.18. The van der Waals surface area contributed by atoms with Gasteiger partial charge in [-0.1, -0.05) is 65.6 Å². The van der Waals surface area contributed by atoms with E-state index < -0.39 is 0 Å². The maximum Gasteiger partial charge on any atom is 0.239 e. The molecule has 26 heavy (non-hydrogen) atoms. The number of thiazole rings is 1. The van der Waals surface area contributed by atoms with Crippen LogP contribution in [0.25, 0.3) is 10.2 Å². The van der Waals surface area contributed by atoms with Gasteiger partial charge in [-0.15, -0.1) is 0 Å². The lowest BCUT2D eigenvalue weighted by Crippen LogP contribution is -2.32. The summed E-state index contributed by atoms with van der Waals surface area (Å²) in [4.78, 5) is 30.5. The second-order valence-corrected chi connectivity index (χ2v) is 8.25. The number of anilines is 1. The molecule has 0 aliphatic carbocycles. The molecule has 134 valence electrons. The Bertz CT molecular complexity index is 912. The largest absolute Gasteiger partial charge is 0.288 e. The lowest BCUT2D eigenvalue weighted by Gasteiger charge is -2.19. The van der Waals surface area contributed by atoms with Crippen molar-refractivity contribution in [3.8, 4) is 0 Å². The summed E-state index contributed by atoms with van der Waals surface area (Å²) in [5, 5.41) is 0.615. The number of carbonyl (C=O) groups excluding carboxylic acids is 2. The number of carbonyl (C=O) groups is 2. The van der Waals surface area contributed by atoms with Crippen molar-refractivity contribution in [2.45, 2.75) is 27.3 Å². The zero-order valence-electron chi connectivity index (χ0n) is 15.0. The van der Waals surface area contributed by atoms with E-state index in [2.05, 4.69) is 19.1 Å². The van der Waals surface area contributed by atoms with E-state index in [4.69, 9.17) is 4.98 Å². The number of nitrogens with zero attached hydrogens (tertiary/aromatic N) is 2. The molecule has 1 heterocycles. The van der Waals surface area contributed by atoms with Crippen molar-refractivity contribution in [3.05, 3.63) is 59.2 Å². The minimum absolute atomic E-state index is 0.0611. The maximum atomic E-state index is 12.8. The van der Waals surface area contributed by atoms with Gasteiger partial charge in [0, 0.05) is 6.92 Å². The second-order valence-electron chi connectivity index (χ2n) is 6.12. The second kappa shape index (κ2) is 8.01. The molecule has 2 aromatic carbocycles. The summed E-state index contributed by atoms with van der Waals surface area (Å²) in [6.07, 6.45) is 0. The van der Waals surface area contributed by atoms with Crippen LogP contribution < -0.4 is 4.90 Å². The molecular formula is C20H20N2O2S2. The SMILES string of the molecule is CC(=O)SCC(=O)N(Cc1ccccc1)c1nc2c(C)ccc(C)c2s1. The summed E-state index contributed by atoms with van der Waals surface area (Å²) < 4.78 is 1.10. The molecule has 0 fully saturated rings. The van der Waals surface area contributed by atoms with Gasteiger partial charge in [0.15, 0.2) is 10.2 Å². The van der Waals surface area contributed by atoms with Gasteiger partial charge in [-0.2, -0.15) is 0 Å². The Morgan fingerprint density at radius 3 is 2.42 bits per heavy atom. The van der Waals surface area contributed by atoms with E-state index in [9.17, 15) is 9.59 Å². The summed E-state index contributed by atoms with van der Waals surface area (Å²) >= 11 is 2.56. The molecule has 0 atom stereocenters. The Balaban J connectivity index is 1.99. The molecule has 0 saturated heterocycles. The molecule has 0 spiro atoms. The molecule has 0 radical (unpaired) electrons. The smallest absolute Gasteiger partial charge is 0.239 e. The molecule has 0 N–H and O–H groups in total. The highest BCUT2D eigenvalue weighted by atomic mass is 32.2. The average Bonchev–Trinajstić information content (AvgIpc) is 3.08. The number of thioether (sulfide) groups is 1. The quantitative estimate of drug-likeness (QED) is 0.638. The normalized spacial score (nSPS) is 10.9. The Labute approximate surface area is 161 Å². The molecular weight excluding hydrogens is 364 g/mol. The number of hydrogen-bond acceptors (Lipinski definition) is 5. The molecule has 4 nitrogen and oxygen atoms in total. The van der Waals surface area contributed by atoms with Crippen molar-refractivity contribution in [3.63, 3.8) is 0 Å². The first-order chi connectivity index (χ1) is 12.5. The highest BCUT2D eigenvalue weighted by molar-refractivity contribution is 8.14. The molecule has 6 heteroatoms. The van der Waals surface area contributed by atoms with E-state index in [1.54, 1.807) is 4.90 Å². The van der Waals surface area contributed by atoms with Crippen molar-refractivity contribution in [1.29, 1.82) is 0 Å². The van der Waals surface area contributed by atoms with Gasteiger partial charge in [0.05, 0.1) is 22.5 Å². The fourth-order valence-electron chi connectivity index (χ4n) is 2.63. The number of hydrogen-bond donors (Lipinski definition) is 0. The number of amides is 1. The van der Waals surface area contributed by atoms with Crippen LogP contribution in [0.4, 0.5) is 5.13 Å². The van der Waals surface area contributed by atoms with Crippen LogP contribution >= 0.6 is 23.1 Å². The van der Waals surface area contributed by atoms with Crippen LogP contribution in [0.5, 0.6) is 0 Å². The molecule has 3 rings (SSSR count). The molecule has 0 aliphatic heterocycles. The van der Waals surface area contributed by atoms with E-state index in [-0.39, 0.29) is 16.8 Å². The van der Waals surface area contributed by atoms with E-state index in [0.29, 0.717) is 11.7 Å². The Kier molecular flexibility index (Phi) is 5.74. The van der Waals surface area contributed by atoms with Crippen molar-refractivity contribution >= 4 is 49.5 Å². The molecule has 0 aliphatic rings. The predicted octanol–water partition coefficient (Wildman–Crippen LogP) is 4.73. The lowest BCUT2D eigenvalue weighted by molar-refractivity contribution is -0.116. The summed E-state index contributed by atoms with van der Waals surface area (Å²) in [6, 6.07) is 14.0. The minimum atomic E-state index is -0.108. The van der Waals surface area contributed by atoms with E-state index in [1.165, 1.54) is 18.3 Å². The first-order valence-electron chi connectivity index (χ1n) is 8.30. The third-order valence-electron chi connectivity index (χ3n) is 4.05. The number of fused-ring (bicyclic) bond motifs is 1. The first-order valence-corrected chi connectivity index (χ1v) is 10.1. The standard InChI is InChI=1S/C20H20N2O2S2/c1-13-9-10-14(2)19-18(13)21-20(26-19)22(17(24)12-25-15(3)23)11-16-7-5-4-6-8-16/h4-10H,11-12H2,1-3H3. The van der Waals surface area contributed by atoms with E-state index in [0.717, 1.165) is 38.7 Å². The first kappa shape index (κ1) is 18.6. The van der Waals surface area contributed by atoms with Gasteiger partial charge in [0.2, 0.25) is 5.91 Å². The van der Waals surface area contributed by atoms with Crippen LogP contribution in [0, 0.1) is 13.8 Å². The van der Waals surface area contributed by atoms with Crippen LogP contribution in [0.3, 0.4) is 0 Å². The highest BCUT2D eigenvalue weighted by Crippen LogP contribution is 2.34. The summed E-state index contributed by atoms with van der Waals surface area (Å²) in [7, 11) is 0. The van der Waals surface area contributed by atoms with Crippen molar-refractivity contribution < 1.29 is 9.59 Å². The average molecular weight is 385 g/mol. The fraction of sp³-hybridized carbons (Fsp3) is 0.250. The molecule has 0 unspecified atom stereocenters. The maximum absolute atomic E-state index is 12.8. The van der Waals surface area contributed by atoms with Gasteiger partial charge in [0.25, 0.3) is 0 Å². The van der Waals surface area contributed by atoms with Gasteiger partial charge in [-0.25, -0.2) is 4.98 Å². The van der Waals surface area contributed by atoms with Crippen LogP contribution in [0.1, 0.15) is 23.6 Å². The van der Waals surface area contributed by atoms with Gasteiger partial charge in [-0.3, -0.25) is 14.5 Å². The van der Waals surface area contributed by atoms with E-state index >= 15 is 0 Å². The van der Waals surface area contributed by atoms with Gasteiger partial charge in [-0.05, 0) is 30.5 Å². The summed E-state index contributed by atoms with van der Waals surface area (Å²) in [6.45, 7) is 6.00. The molecule has 0 bridgehead atoms. The number of benzene rings is 2. The van der Waals surface area contributed by atoms with Crippen LogP contribution in [0.2, 0.25) is 0 Å².